The first-order chi connectivity index (χ1) is 14.2. The zero-order valence-electron chi connectivity index (χ0n) is 19.0. The highest BCUT2D eigenvalue weighted by Crippen LogP contribution is 2.47. The third kappa shape index (κ3) is 5.56. The van der Waals surface area contributed by atoms with E-state index in [1.165, 1.54) is 69.8 Å². The van der Waals surface area contributed by atoms with Gasteiger partial charge in [-0.25, -0.2) is 0 Å². The van der Waals surface area contributed by atoms with E-state index >= 15 is 0 Å². The van der Waals surface area contributed by atoms with Crippen LogP contribution in [0.25, 0.3) is 0 Å². The Labute approximate surface area is 180 Å². The topological polar surface area (TPSA) is 0 Å². The van der Waals surface area contributed by atoms with Crippen LogP contribution in [0.5, 0.6) is 0 Å². The largest absolute Gasteiger partial charge is 0.103 e. The molecular formula is C29H44. The van der Waals surface area contributed by atoms with Crippen LogP contribution >= 0.6 is 0 Å². The molecule has 4 rings (SSSR count). The van der Waals surface area contributed by atoms with Crippen molar-refractivity contribution < 1.29 is 0 Å². The molecule has 1 aromatic rings. The first-order valence-corrected chi connectivity index (χ1v) is 12.9. The molecule has 160 valence electrons. The molecule has 0 heterocycles. The van der Waals surface area contributed by atoms with Crippen molar-refractivity contribution in [1.82, 2.24) is 0 Å². The molecule has 3 fully saturated rings. The number of aryl methyl sites for hydroxylation is 1. The van der Waals surface area contributed by atoms with Crippen LogP contribution in [0.3, 0.4) is 0 Å². The number of hydrogen-bond acceptors (Lipinski definition) is 0. The Morgan fingerprint density at radius 1 is 0.690 bits per heavy atom. The van der Waals surface area contributed by atoms with Crippen LogP contribution in [0.15, 0.2) is 36.9 Å². The van der Waals surface area contributed by atoms with E-state index in [0.717, 1.165) is 35.5 Å². The summed E-state index contributed by atoms with van der Waals surface area (Å²) >= 11 is 0. The van der Waals surface area contributed by atoms with Gasteiger partial charge in [0.1, 0.15) is 0 Å². The van der Waals surface area contributed by atoms with E-state index in [2.05, 4.69) is 43.8 Å². The van der Waals surface area contributed by atoms with Crippen molar-refractivity contribution in [2.24, 2.45) is 29.6 Å². The molecule has 0 aromatic heterocycles. The Hall–Kier alpha value is -1.04. The summed E-state index contributed by atoms with van der Waals surface area (Å²) in [6, 6.07) is 9.38. The Balaban J connectivity index is 1.18. The molecule has 0 atom stereocenters. The van der Waals surface area contributed by atoms with Gasteiger partial charge in [-0.05, 0) is 125 Å². The predicted octanol–water partition coefficient (Wildman–Crippen LogP) is 8.85. The number of hydrogen-bond donors (Lipinski definition) is 0. The average molecular weight is 393 g/mol. The maximum absolute atomic E-state index is 3.90. The Bertz CT molecular complexity index is 602. The fourth-order valence-electron chi connectivity index (χ4n) is 7.15. The number of allylic oxidation sites excluding steroid dienone is 1. The van der Waals surface area contributed by atoms with E-state index in [1.54, 1.807) is 31.2 Å². The molecule has 0 nitrogen and oxygen atoms in total. The maximum Gasteiger partial charge on any atom is -0.0162 e. The molecule has 0 saturated heterocycles. The standard InChI is InChI=1S/C29H44/c1-3-4-5-23-8-12-25(13-9-23)27-16-20-29(21-17-27)28-18-14-26(15-19-28)24-10-6-22(2)7-11-24/h3,6-7,10-11,23,25-29H,1,4-5,8-9,12-21H2,2H3. The van der Waals surface area contributed by atoms with Crippen LogP contribution in [-0.2, 0) is 0 Å². The molecule has 0 spiro atoms. The minimum absolute atomic E-state index is 0.833. The molecule has 3 saturated carbocycles. The lowest BCUT2D eigenvalue weighted by molar-refractivity contribution is 0.109. The second kappa shape index (κ2) is 10.3. The molecule has 1 aromatic carbocycles. The summed E-state index contributed by atoms with van der Waals surface area (Å²) in [6.07, 6.45) is 22.8. The third-order valence-corrected chi connectivity index (χ3v) is 9.14. The van der Waals surface area contributed by atoms with Crippen molar-refractivity contribution in [2.75, 3.05) is 0 Å². The van der Waals surface area contributed by atoms with Gasteiger partial charge in [0, 0.05) is 0 Å². The van der Waals surface area contributed by atoms with Gasteiger partial charge >= 0.3 is 0 Å². The molecule has 0 N–H and O–H groups in total. The van der Waals surface area contributed by atoms with Gasteiger partial charge in [-0.2, -0.15) is 0 Å². The van der Waals surface area contributed by atoms with Gasteiger partial charge in [-0.15, -0.1) is 6.58 Å². The first kappa shape index (κ1) is 21.2. The monoisotopic (exact) mass is 392 g/mol. The van der Waals surface area contributed by atoms with Crippen LogP contribution in [0.1, 0.15) is 107 Å². The van der Waals surface area contributed by atoms with Crippen molar-refractivity contribution in [3.05, 3.63) is 48.0 Å². The second-order valence-corrected chi connectivity index (χ2v) is 10.8. The van der Waals surface area contributed by atoms with Crippen LogP contribution in [0.2, 0.25) is 0 Å². The third-order valence-electron chi connectivity index (χ3n) is 9.14. The van der Waals surface area contributed by atoms with Gasteiger partial charge in [0.05, 0.1) is 0 Å². The van der Waals surface area contributed by atoms with Gasteiger partial charge < -0.3 is 0 Å². The van der Waals surface area contributed by atoms with Crippen molar-refractivity contribution in [3.63, 3.8) is 0 Å². The lowest BCUT2D eigenvalue weighted by atomic mass is 9.64. The van der Waals surface area contributed by atoms with E-state index < -0.39 is 0 Å². The summed E-state index contributed by atoms with van der Waals surface area (Å²) in [5, 5.41) is 0. The SMILES string of the molecule is C=CCCC1CCC(C2CCC(C3CCC(c4ccc(C)cc4)CC3)CC2)CC1. The van der Waals surface area contributed by atoms with Crippen molar-refractivity contribution in [2.45, 2.75) is 103 Å². The molecule has 0 aliphatic heterocycles. The Kier molecular flexibility index (Phi) is 7.54. The minimum Gasteiger partial charge on any atom is -0.103 e. The van der Waals surface area contributed by atoms with Crippen molar-refractivity contribution in [3.8, 4) is 0 Å². The first-order valence-electron chi connectivity index (χ1n) is 12.9. The molecule has 0 bridgehead atoms. The average Bonchev–Trinajstić information content (AvgIpc) is 2.79. The van der Waals surface area contributed by atoms with E-state index in [-0.39, 0.29) is 0 Å². The highest BCUT2D eigenvalue weighted by molar-refractivity contribution is 5.24. The molecule has 0 radical (unpaired) electrons. The van der Waals surface area contributed by atoms with Gasteiger partial charge in [-0.3, -0.25) is 0 Å². The number of rotatable bonds is 6. The molecular weight excluding hydrogens is 348 g/mol. The van der Waals surface area contributed by atoms with Gasteiger partial charge in [0.25, 0.3) is 0 Å². The Morgan fingerprint density at radius 3 is 1.62 bits per heavy atom. The quantitative estimate of drug-likeness (QED) is 0.424. The molecule has 29 heavy (non-hydrogen) atoms. The fraction of sp³-hybridized carbons (Fsp3) is 0.724. The van der Waals surface area contributed by atoms with Gasteiger partial charge in [0.2, 0.25) is 0 Å². The number of benzene rings is 1. The molecule has 0 unspecified atom stereocenters. The van der Waals surface area contributed by atoms with E-state index in [9.17, 15) is 0 Å². The molecule has 0 heteroatoms. The van der Waals surface area contributed by atoms with Gasteiger partial charge in [-0.1, -0.05) is 48.7 Å². The minimum atomic E-state index is 0.833. The van der Waals surface area contributed by atoms with Crippen molar-refractivity contribution in [1.29, 1.82) is 0 Å². The zero-order chi connectivity index (χ0) is 20.1. The van der Waals surface area contributed by atoms with Crippen LogP contribution in [0.4, 0.5) is 0 Å². The molecule has 3 aliphatic rings. The van der Waals surface area contributed by atoms with Crippen LogP contribution in [-0.4, -0.2) is 0 Å². The zero-order valence-corrected chi connectivity index (χ0v) is 19.0. The van der Waals surface area contributed by atoms with E-state index in [0.29, 0.717) is 0 Å². The van der Waals surface area contributed by atoms with Crippen LogP contribution < -0.4 is 0 Å². The summed E-state index contributed by atoms with van der Waals surface area (Å²) in [7, 11) is 0. The van der Waals surface area contributed by atoms with Gasteiger partial charge in [0.15, 0.2) is 0 Å². The second-order valence-electron chi connectivity index (χ2n) is 10.8. The highest BCUT2D eigenvalue weighted by atomic mass is 14.4. The maximum atomic E-state index is 3.90. The van der Waals surface area contributed by atoms with Crippen molar-refractivity contribution >= 4 is 0 Å². The summed E-state index contributed by atoms with van der Waals surface area (Å²) in [5.41, 5.74) is 2.99. The smallest absolute Gasteiger partial charge is 0.0162 e. The lowest BCUT2D eigenvalue weighted by Crippen LogP contribution is -2.29. The molecule has 3 aliphatic carbocycles. The lowest BCUT2D eigenvalue weighted by Gasteiger charge is -2.41. The van der Waals surface area contributed by atoms with Crippen LogP contribution in [0, 0.1) is 36.5 Å². The normalized spacial score (nSPS) is 35.9. The summed E-state index contributed by atoms with van der Waals surface area (Å²) in [5.74, 6) is 6.05. The summed E-state index contributed by atoms with van der Waals surface area (Å²) in [4.78, 5) is 0. The summed E-state index contributed by atoms with van der Waals surface area (Å²) < 4.78 is 0. The fourth-order valence-corrected chi connectivity index (χ4v) is 7.15. The van der Waals surface area contributed by atoms with E-state index in [4.69, 9.17) is 0 Å². The van der Waals surface area contributed by atoms with E-state index in [1.807, 2.05) is 0 Å². The molecule has 0 amide bonds. The highest BCUT2D eigenvalue weighted by Gasteiger charge is 2.34. The Morgan fingerprint density at radius 2 is 1.14 bits per heavy atom. The predicted molar refractivity (Wildman–Crippen MR) is 126 cm³/mol. The summed E-state index contributed by atoms with van der Waals surface area (Å²) in [6.45, 7) is 6.10.